The molecule has 0 spiro atoms. The second-order valence-corrected chi connectivity index (χ2v) is 9.55. The highest BCUT2D eigenvalue weighted by Crippen LogP contribution is 2.37. The Morgan fingerprint density at radius 1 is 0.941 bits per heavy atom. The van der Waals surface area contributed by atoms with Gasteiger partial charge in [-0.3, -0.25) is 13.7 Å². The third-order valence-corrected chi connectivity index (χ3v) is 7.49. The summed E-state index contributed by atoms with van der Waals surface area (Å²) < 4.78 is 40.3. The maximum Gasteiger partial charge on any atom is 0.340 e. The van der Waals surface area contributed by atoms with Crippen LogP contribution in [0, 0.1) is 0 Å². The minimum Gasteiger partial charge on any atom is -0.476 e. The van der Waals surface area contributed by atoms with Crippen molar-refractivity contribution < 1.29 is 27.5 Å². The van der Waals surface area contributed by atoms with Crippen LogP contribution in [0.5, 0.6) is 5.75 Å². The molecule has 9 heteroatoms. The molecule has 34 heavy (non-hydrogen) atoms. The summed E-state index contributed by atoms with van der Waals surface area (Å²) >= 11 is 0. The number of hydrogen-bond acceptors (Lipinski definition) is 6. The molecule has 5 rings (SSSR count). The van der Waals surface area contributed by atoms with Crippen LogP contribution in [0.2, 0.25) is 0 Å². The summed E-state index contributed by atoms with van der Waals surface area (Å²) in [6.45, 7) is -0.229. The van der Waals surface area contributed by atoms with Gasteiger partial charge in [-0.1, -0.05) is 48.5 Å². The van der Waals surface area contributed by atoms with Crippen LogP contribution < -0.4 is 9.04 Å². The van der Waals surface area contributed by atoms with E-state index in [1.165, 1.54) is 34.3 Å². The molecule has 0 N–H and O–H groups in total. The number of carbonyl (C=O) groups excluding carboxylic acids is 2. The number of sulfonamides is 1. The fourth-order valence-corrected chi connectivity index (χ4v) is 5.56. The lowest BCUT2D eigenvalue weighted by Gasteiger charge is -2.34. The van der Waals surface area contributed by atoms with E-state index in [9.17, 15) is 18.0 Å². The zero-order valence-electron chi connectivity index (χ0n) is 18.1. The summed E-state index contributed by atoms with van der Waals surface area (Å²) in [5.74, 6) is -0.809. The molecule has 2 heterocycles. The van der Waals surface area contributed by atoms with E-state index in [1.807, 2.05) is 0 Å². The zero-order chi connectivity index (χ0) is 23.9. The molecular formula is C25H20N2O6S. The summed E-state index contributed by atoms with van der Waals surface area (Å²) in [4.78, 5) is 26.0. The highest BCUT2D eigenvalue weighted by Gasteiger charge is 2.38. The second kappa shape index (κ2) is 8.35. The van der Waals surface area contributed by atoms with Crippen LogP contribution >= 0.6 is 0 Å². The summed E-state index contributed by atoms with van der Waals surface area (Å²) in [6, 6.07) is 21.6. The van der Waals surface area contributed by atoms with Gasteiger partial charge in [0.15, 0.2) is 6.10 Å². The summed E-state index contributed by atoms with van der Waals surface area (Å²) in [5, 5.41) is 0.549. The molecule has 0 unspecified atom stereocenters. The van der Waals surface area contributed by atoms with E-state index in [-0.39, 0.29) is 22.8 Å². The van der Waals surface area contributed by atoms with Gasteiger partial charge in [0, 0.05) is 11.6 Å². The molecule has 0 fully saturated rings. The molecule has 172 valence electrons. The molecule has 0 aliphatic carbocycles. The Morgan fingerprint density at radius 3 is 2.38 bits per heavy atom. The predicted molar refractivity (Wildman–Crippen MR) is 126 cm³/mol. The first kappa shape index (κ1) is 21.7. The molecule has 1 aromatic heterocycles. The number of methoxy groups -OCH3 is 1. The van der Waals surface area contributed by atoms with Crippen LogP contribution in [0.25, 0.3) is 10.9 Å². The molecule has 1 aliphatic rings. The van der Waals surface area contributed by atoms with Crippen LogP contribution in [-0.2, 0) is 14.8 Å². The van der Waals surface area contributed by atoms with Gasteiger partial charge in [0.1, 0.15) is 5.75 Å². The van der Waals surface area contributed by atoms with E-state index in [0.717, 1.165) is 0 Å². The number of carbonyl (C=O) groups is 2. The minimum atomic E-state index is -3.96. The molecular weight excluding hydrogens is 456 g/mol. The highest BCUT2D eigenvalue weighted by molar-refractivity contribution is 7.92. The van der Waals surface area contributed by atoms with Crippen molar-refractivity contribution in [3.05, 3.63) is 90.6 Å². The average molecular weight is 477 g/mol. The van der Waals surface area contributed by atoms with Crippen molar-refractivity contribution in [3.8, 4) is 5.75 Å². The first-order valence-electron chi connectivity index (χ1n) is 10.5. The Hall–Kier alpha value is -4.11. The van der Waals surface area contributed by atoms with E-state index in [4.69, 9.17) is 9.47 Å². The molecule has 0 saturated carbocycles. The van der Waals surface area contributed by atoms with Crippen molar-refractivity contribution >= 4 is 38.5 Å². The van der Waals surface area contributed by atoms with Gasteiger partial charge in [0.25, 0.3) is 15.9 Å². The molecule has 0 amide bonds. The quantitative estimate of drug-likeness (QED) is 0.417. The maximum absolute atomic E-state index is 13.6. The number of para-hydroxylation sites is 3. The SMILES string of the molecule is COC(=O)c1cn(C(=O)[C@@H]2CN(S(=O)(=O)c3ccccc3)c3ccccc3O2)c2ccccc12. The fourth-order valence-electron chi connectivity index (χ4n) is 4.07. The van der Waals surface area contributed by atoms with Gasteiger partial charge in [0.2, 0.25) is 0 Å². The number of benzene rings is 3. The second-order valence-electron chi connectivity index (χ2n) is 7.68. The summed E-state index contributed by atoms with van der Waals surface area (Å²) in [7, 11) is -2.69. The van der Waals surface area contributed by atoms with E-state index in [2.05, 4.69) is 0 Å². The first-order chi connectivity index (χ1) is 16.4. The molecule has 3 aromatic carbocycles. The average Bonchev–Trinajstić information content (AvgIpc) is 3.27. The van der Waals surface area contributed by atoms with Gasteiger partial charge in [-0.15, -0.1) is 0 Å². The molecule has 1 atom stereocenters. The monoisotopic (exact) mass is 476 g/mol. The number of rotatable bonds is 4. The van der Waals surface area contributed by atoms with Gasteiger partial charge in [-0.05, 0) is 30.3 Å². The van der Waals surface area contributed by atoms with Crippen molar-refractivity contribution in [2.45, 2.75) is 11.0 Å². The highest BCUT2D eigenvalue weighted by atomic mass is 32.2. The van der Waals surface area contributed by atoms with Crippen molar-refractivity contribution in [3.63, 3.8) is 0 Å². The third-order valence-electron chi connectivity index (χ3n) is 5.70. The Kier molecular flexibility index (Phi) is 5.33. The molecule has 0 bridgehead atoms. The van der Waals surface area contributed by atoms with E-state index in [1.54, 1.807) is 66.7 Å². The van der Waals surface area contributed by atoms with E-state index in [0.29, 0.717) is 16.6 Å². The van der Waals surface area contributed by atoms with E-state index < -0.39 is 28.0 Å². The lowest BCUT2D eigenvalue weighted by Crippen LogP contribution is -2.48. The van der Waals surface area contributed by atoms with Gasteiger partial charge in [0.05, 0.1) is 35.3 Å². The predicted octanol–water partition coefficient (Wildman–Crippen LogP) is 3.72. The smallest absolute Gasteiger partial charge is 0.340 e. The van der Waals surface area contributed by atoms with Crippen LogP contribution in [-0.4, -0.2) is 44.6 Å². The van der Waals surface area contributed by atoms with Crippen molar-refractivity contribution in [1.29, 1.82) is 0 Å². The number of nitrogens with zero attached hydrogens (tertiary/aromatic N) is 2. The Balaban J connectivity index is 1.59. The lowest BCUT2D eigenvalue weighted by molar-refractivity contribution is 0.0602. The van der Waals surface area contributed by atoms with Crippen LogP contribution in [0.4, 0.5) is 5.69 Å². The number of ether oxygens (including phenoxy) is 2. The lowest BCUT2D eigenvalue weighted by atomic mass is 10.2. The Morgan fingerprint density at radius 2 is 1.62 bits per heavy atom. The number of fused-ring (bicyclic) bond motifs is 2. The van der Waals surface area contributed by atoms with Gasteiger partial charge in [-0.2, -0.15) is 0 Å². The first-order valence-corrected chi connectivity index (χ1v) is 11.9. The minimum absolute atomic E-state index is 0.109. The van der Waals surface area contributed by atoms with Crippen LogP contribution in [0.1, 0.15) is 15.2 Å². The molecule has 0 saturated heterocycles. The van der Waals surface area contributed by atoms with Crippen molar-refractivity contribution in [1.82, 2.24) is 4.57 Å². The van der Waals surface area contributed by atoms with Crippen molar-refractivity contribution in [2.24, 2.45) is 0 Å². The number of hydrogen-bond donors (Lipinski definition) is 0. The molecule has 8 nitrogen and oxygen atoms in total. The third kappa shape index (κ3) is 3.50. The standard InChI is InChI=1S/C25H20N2O6S/c1-32-25(29)19-15-26(20-12-6-5-11-18(19)20)24(28)23-16-27(21-13-7-8-14-22(21)33-23)34(30,31)17-9-3-2-4-10-17/h2-15,23H,16H2,1H3/t23-/m0/s1. The molecule has 1 aliphatic heterocycles. The Labute approximate surface area is 196 Å². The van der Waals surface area contributed by atoms with Gasteiger partial charge in [-0.25, -0.2) is 13.2 Å². The fraction of sp³-hybridized carbons (Fsp3) is 0.120. The Bertz CT molecular complexity index is 1510. The zero-order valence-corrected chi connectivity index (χ0v) is 18.9. The molecule has 0 radical (unpaired) electrons. The maximum atomic E-state index is 13.6. The number of esters is 1. The summed E-state index contributed by atoms with van der Waals surface area (Å²) in [5.41, 5.74) is 1.08. The summed E-state index contributed by atoms with van der Waals surface area (Å²) in [6.07, 6.45) is 0.258. The van der Waals surface area contributed by atoms with Crippen LogP contribution in [0.15, 0.2) is 90.0 Å². The van der Waals surface area contributed by atoms with Crippen molar-refractivity contribution in [2.75, 3.05) is 18.0 Å². The van der Waals surface area contributed by atoms with Crippen LogP contribution in [0.3, 0.4) is 0 Å². The molecule has 4 aromatic rings. The number of aromatic nitrogens is 1. The topological polar surface area (TPSA) is 94.9 Å². The van der Waals surface area contributed by atoms with Gasteiger partial charge < -0.3 is 9.47 Å². The normalized spacial score (nSPS) is 15.4. The van der Waals surface area contributed by atoms with E-state index >= 15 is 0 Å². The number of anilines is 1. The van der Waals surface area contributed by atoms with Gasteiger partial charge >= 0.3 is 5.97 Å². The largest absolute Gasteiger partial charge is 0.476 e.